The minimum absolute atomic E-state index is 0.00115. The first kappa shape index (κ1) is 112. The molecule has 129 heavy (non-hydrogen) atoms. The number of hydrogen-bond donors (Lipinski definition) is 13. The molecule has 20 nitrogen and oxygen atoms in total. The highest BCUT2D eigenvalue weighted by molar-refractivity contribution is 5.97. The molecule has 0 spiro atoms. The number of phenols is 8. The third-order valence-corrected chi connectivity index (χ3v) is 23.3. The number of aromatic carboxylic acids is 5. The van der Waals surface area contributed by atoms with Crippen molar-refractivity contribution in [2.45, 2.75) is 342 Å². The standard InChI is InChI=1S/C23H34O4.2C22H30O4.C22H32O4.C20H28O4/c1-6-7-8-12-18-15-20(27-5)19(22(24)21(18)23(25)26)14-13-17(4)11-9-10-16(2)3;1-5-6-7-10-16-14-18-17(20(23)19(16)21(24)25)11-13-22(4,26-18)12-8-9-15(2)3;1-5-6-7-8-15-12-18(23)20(21(24)19(15)22(25)26)17-11-14(4)9-10-16(17)13(2)3;1-5-6-7-11-17-14-19(23)18(21(24)20(17)22(25)26)13-12-16(4)10-8-9-15(2)3;1-5-7-15-12-17(21)16(19(22)18(15)20(23)24)11-10-14(4)9-6-8-13(2)3/h10,13,15,24H,6-9,11-12,14H2,1-5H3,(H,25,26);9,11,13-14,23H,5-8,10,12H2,1-4H3,(H,24,25);11-12,16-17,23-24H,2,5-10H2,1,3-4H3,(H,25,26);9,12,14,23-24H,5-8,10-11,13H2,1-4H3,(H,25,26);8,10,12,21-22H,5-7,9,11H2,1-4H3,(H,23,24)/b17-13+;;;16-12+;14-10+/t;;16-,17+;;/m..0../s1. The number of aryl methyl sites for hydroxylation is 5. The predicted octanol–water partition coefficient (Wildman–Crippen LogP) is 28.1. The van der Waals surface area contributed by atoms with Crippen LogP contribution in [-0.2, 0) is 51.4 Å². The molecule has 5 aromatic carbocycles. The van der Waals surface area contributed by atoms with Crippen molar-refractivity contribution in [3.05, 3.63) is 225 Å². The Balaban J connectivity index is 0.000000416. The molecular weight excluding hydrogens is 1630 g/mol. The number of benzene rings is 5. The molecule has 0 saturated carbocycles. The van der Waals surface area contributed by atoms with Gasteiger partial charge in [0, 0.05) is 28.2 Å². The van der Waals surface area contributed by atoms with Crippen LogP contribution in [0.1, 0.15) is 393 Å². The first-order valence-corrected chi connectivity index (χ1v) is 46.3. The summed E-state index contributed by atoms with van der Waals surface area (Å²) in [6.45, 7) is 42.9. The molecule has 0 aromatic heterocycles. The van der Waals surface area contributed by atoms with Crippen molar-refractivity contribution in [2.75, 3.05) is 7.11 Å². The number of aromatic hydroxyl groups is 8. The van der Waals surface area contributed by atoms with Crippen molar-refractivity contribution in [3.8, 4) is 57.5 Å². The zero-order valence-corrected chi connectivity index (χ0v) is 81.1. The van der Waals surface area contributed by atoms with Gasteiger partial charge >= 0.3 is 29.8 Å². The minimum atomic E-state index is -1.17. The molecule has 1 unspecified atom stereocenters. The lowest BCUT2D eigenvalue weighted by atomic mass is 9.73. The van der Waals surface area contributed by atoms with E-state index in [1.165, 1.54) is 51.6 Å². The van der Waals surface area contributed by atoms with Crippen LogP contribution < -0.4 is 9.47 Å². The number of unbranched alkanes of at least 4 members (excludes halogenated alkanes) is 8. The molecule has 2 aliphatic rings. The summed E-state index contributed by atoms with van der Waals surface area (Å²) in [5.41, 5.74) is 14.7. The van der Waals surface area contributed by atoms with E-state index in [0.717, 1.165) is 164 Å². The van der Waals surface area contributed by atoms with Crippen molar-refractivity contribution in [1.29, 1.82) is 0 Å². The number of allylic oxidation sites excluding steroid dienone is 17. The SMILES string of the molecule is C=C(C)[C@@H]1CCC(C)=C[C@H]1c1c(O)cc(CCCCC)c(C(=O)O)c1O.CCCCCc1cc(O)c(C/C=C(\C)CCC=C(C)C)c(O)c1C(=O)O.CCCCCc1cc(OC)c(C/C=C(\C)CCC=C(C)C)c(O)c1C(=O)O.CCCCCc1cc2c(c(O)c1C(=O)O)C=CC(C)(CCC=C(C)C)O2.CCCc1cc(O)c(C/C=C(\C)CCC=C(C)C)c(O)c1C(=O)O. The van der Waals surface area contributed by atoms with Crippen LogP contribution in [0, 0.1) is 5.92 Å². The molecule has 3 atom stereocenters. The van der Waals surface area contributed by atoms with E-state index < -0.39 is 35.4 Å². The number of phenolic OH excluding ortho intramolecular Hbond substituents is 3. The molecule has 0 fully saturated rings. The van der Waals surface area contributed by atoms with Crippen LogP contribution in [0.25, 0.3) is 6.08 Å². The number of carboxylic acids is 5. The lowest BCUT2D eigenvalue weighted by Crippen LogP contribution is -2.32. The summed E-state index contributed by atoms with van der Waals surface area (Å²) in [6.07, 6.45) is 45.7. The maximum absolute atomic E-state index is 11.8. The summed E-state index contributed by atoms with van der Waals surface area (Å²) in [5.74, 6) is -6.11. The highest BCUT2D eigenvalue weighted by atomic mass is 16.5. The van der Waals surface area contributed by atoms with E-state index in [1.54, 1.807) is 25.3 Å². The van der Waals surface area contributed by atoms with Crippen LogP contribution in [0.2, 0.25) is 0 Å². The Labute approximate surface area is 769 Å². The van der Waals surface area contributed by atoms with E-state index in [9.17, 15) is 90.4 Å². The zero-order valence-electron chi connectivity index (χ0n) is 81.1. The Morgan fingerprint density at radius 1 is 0.434 bits per heavy atom. The average Bonchev–Trinajstić information content (AvgIpc) is 0.772. The van der Waals surface area contributed by atoms with Crippen molar-refractivity contribution < 1.29 is 99.8 Å². The first-order valence-electron chi connectivity index (χ1n) is 46.3. The highest BCUT2D eigenvalue weighted by Gasteiger charge is 2.35. The molecule has 0 amide bonds. The molecule has 5 aromatic rings. The smallest absolute Gasteiger partial charge is 0.339 e. The second-order valence-corrected chi connectivity index (χ2v) is 35.7. The second-order valence-electron chi connectivity index (χ2n) is 35.7. The molecule has 1 aliphatic heterocycles. The van der Waals surface area contributed by atoms with Crippen LogP contribution in [0.5, 0.6) is 57.5 Å². The number of carbonyl (C=O) groups is 5. The molecule has 7 rings (SSSR count). The lowest BCUT2D eigenvalue weighted by Gasteiger charge is -2.32. The molecule has 0 radical (unpaired) electrons. The number of methoxy groups -OCH3 is 1. The topological polar surface area (TPSA) is 367 Å². The Morgan fingerprint density at radius 3 is 1.14 bits per heavy atom. The van der Waals surface area contributed by atoms with Crippen LogP contribution >= 0.6 is 0 Å². The van der Waals surface area contributed by atoms with E-state index in [-0.39, 0.29) is 96.8 Å². The Bertz CT molecular complexity index is 4890. The summed E-state index contributed by atoms with van der Waals surface area (Å²) in [4.78, 5) is 58.3. The fourth-order valence-corrected chi connectivity index (χ4v) is 15.9. The zero-order chi connectivity index (χ0) is 97.1. The Morgan fingerprint density at radius 2 is 0.775 bits per heavy atom. The Hall–Kier alpha value is -11.2. The number of fused-ring (bicyclic) bond motifs is 1. The first-order chi connectivity index (χ1) is 60.9. The third-order valence-electron chi connectivity index (χ3n) is 23.3. The Kier molecular flexibility index (Phi) is 49.5. The monoisotopic (exact) mass is 1780 g/mol. The number of hydrogen-bond acceptors (Lipinski definition) is 15. The molecule has 13 N–H and O–H groups in total. The molecule has 1 aliphatic carbocycles. The van der Waals surface area contributed by atoms with Gasteiger partial charge in [0.2, 0.25) is 0 Å². The van der Waals surface area contributed by atoms with Gasteiger partial charge in [-0.05, 0) is 314 Å². The summed E-state index contributed by atoms with van der Waals surface area (Å²) < 4.78 is 11.7. The summed E-state index contributed by atoms with van der Waals surface area (Å²) in [5, 5.41) is 132. The van der Waals surface area contributed by atoms with Gasteiger partial charge in [0.25, 0.3) is 0 Å². The van der Waals surface area contributed by atoms with Crippen LogP contribution in [0.3, 0.4) is 0 Å². The normalized spacial score (nSPS) is 14.5. The molecule has 1 heterocycles. The van der Waals surface area contributed by atoms with E-state index in [4.69, 9.17) is 9.47 Å². The van der Waals surface area contributed by atoms with Crippen molar-refractivity contribution in [3.63, 3.8) is 0 Å². The maximum Gasteiger partial charge on any atom is 0.339 e. The van der Waals surface area contributed by atoms with Crippen LogP contribution in [-0.4, -0.2) is 109 Å². The van der Waals surface area contributed by atoms with Gasteiger partial charge in [-0.3, -0.25) is 0 Å². The minimum Gasteiger partial charge on any atom is -0.508 e. The highest BCUT2D eigenvalue weighted by Crippen LogP contribution is 2.49. The quantitative estimate of drug-likeness (QED) is 0.0127. The van der Waals surface area contributed by atoms with E-state index in [2.05, 4.69) is 121 Å². The second kappa shape index (κ2) is 57.0. The largest absolute Gasteiger partial charge is 0.508 e. The van der Waals surface area contributed by atoms with E-state index >= 15 is 0 Å². The van der Waals surface area contributed by atoms with Crippen molar-refractivity contribution in [2.24, 2.45) is 5.92 Å². The summed E-state index contributed by atoms with van der Waals surface area (Å²) in [7, 11) is 1.56. The third kappa shape index (κ3) is 36.4. The van der Waals surface area contributed by atoms with Gasteiger partial charge < -0.3 is 75.9 Å². The summed E-state index contributed by atoms with van der Waals surface area (Å²) >= 11 is 0. The maximum atomic E-state index is 11.8. The fourth-order valence-electron chi connectivity index (χ4n) is 15.9. The van der Waals surface area contributed by atoms with Crippen LogP contribution in [0.4, 0.5) is 0 Å². The fraction of sp³-hybridized carbons (Fsp3) is 0.495. The molecule has 710 valence electrons. The molecular formula is C109H154O20. The number of rotatable bonds is 44. The number of ether oxygens (including phenoxy) is 2. The van der Waals surface area contributed by atoms with Crippen molar-refractivity contribution >= 4 is 35.9 Å². The van der Waals surface area contributed by atoms with Gasteiger partial charge in [0.15, 0.2) is 0 Å². The average molecular weight is 1780 g/mol. The molecule has 20 heteroatoms. The van der Waals surface area contributed by atoms with Gasteiger partial charge in [-0.1, -0.05) is 198 Å². The van der Waals surface area contributed by atoms with Crippen LogP contribution in [0.15, 0.2) is 142 Å². The molecule has 0 saturated heterocycles. The van der Waals surface area contributed by atoms with Gasteiger partial charge in [0.1, 0.15) is 90.9 Å². The van der Waals surface area contributed by atoms with Gasteiger partial charge in [-0.25, -0.2) is 24.0 Å². The summed E-state index contributed by atoms with van der Waals surface area (Å²) in [6, 6.07) is 8.08. The van der Waals surface area contributed by atoms with Gasteiger partial charge in [-0.15, -0.1) is 0 Å². The van der Waals surface area contributed by atoms with Gasteiger partial charge in [0.05, 0.1) is 12.7 Å². The predicted molar refractivity (Wildman–Crippen MR) is 523 cm³/mol. The number of carboxylic acid groups (broad SMARTS) is 5. The lowest BCUT2D eigenvalue weighted by molar-refractivity contribution is 0.0680. The van der Waals surface area contributed by atoms with Gasteiger partial charge in [-0.2, -0.15) is 0 Å². The molecule has 0 bridgehead atoms. The van der Waals surface area contributed by atoms with E-state index in [0.29, 0.717) is 107 Å². The van der Waals surface area contributed by atoms with Crippen molar-refractivity contribution in [1.82, 2.24) is 0 Å². The van der Waals surface area contributed by atoms with E-state index in [1.807, 2.05) is 71.9 Å².